The van der Waals surface area contributed by atoms with Gasteiger partial charge < -0.3 is 15.2 Å². The van der Waals surface area contributed by atoms with E-state index in [9.17, 15) is 0 Å². The molecule has 0 aliphatic rings. The van der Waals surface area contributed by atoms with Crippen LogP contribution in [-0.2, 0) is 6.54 Å². The van der Waals surface area contributed by atoms with Crippen LogP contribution in [0.1, 0.15) is 24.8 Å². The van der Waals surface area contributed by atoms with Crippen molar-refractivity contribution in [2.45, 2.75) is 26.8 Å². The molecule has 2 N–H and O–H groups in total. The number of aryl methyl sites for hydroxylation is 1. The second kappa shape index (κ2) is 6.51. The first-order valence-electron chi connectivity index (χ1n) is 6.11. The predicted molar refractivity (Wildman–Crippen MR) is 77.1 cm³/mol. The van der Waals surface area contributed by atoms with E-state index in [0.29, 0.717) is 6.54 Å². The molecule has 0 spiro atoms. The van der Waals surface area contributed by atoms with Gasteiger partial charge in [0.1, 0.15) is 22.4 Å². The maximum Gasteiger partial charge on any atom is 0.156 e. The first-order valence-corrected chi connectivity index (χ1v) is 6.90. The molecule has 6 nitrogen and oxygen atoms in total. The zero-order chi connectivity index (χ0) is 13.7. The van der Waals surface area contributed by atoms with E-state index >= 15 is 0 Å². The van der Waals surface area contributed by atoms with Crippen LogP contribution in [0, 0.1) is 6.92 Å². The zero-order valence-corrected chi connectivity index (χ0v) is 12.5. The lowest BCUT2D eigenvalue weighted by Gasteiger charge is -2.10. The first-order chi connectivity index (χ1) is 9.20. The van der Waals surface area contributed by atoms with Crippen LogP contribution in [0.5, 0.6) is 0 Å². The highest BCUT2D eigenvalue weighted by Crippen LogP contribution is 2.26. The largest absolute Gasteiger partial charge is 0.369 e. The summed E-state index contributed by atoms with van der Waals surface area (Å²) in [5.41, 5.74) is 0.865. The van der Waals surface area contributed by atoms with E-state index in [1.165, 1.54) is 6.33 Å². The van der Waals surface area contributed by atoms with Crippen LogP contribution < -0.4 is 10.6 Å². The Hall–Kier alpha value is -1.63. The van der Waals surface area contributed by atoms with Crippen molar-refractivity contribution in [1.82, 2.24) is 15.1 Å². The Bertz CT molecular complexity index is 543. The van der Waals surface area contributed by atoms with Crippen LogP contribution in [0.3, 0.4) is 0 Å². The third-order valence-corrected chi connectivity index (χ3v) is 3.19. The van der Waals surface area contributed by atoms with Gasteiger partial charge in [-0.2, -0.15) is 0 Å². The van der Waals surface area contributed by atoms with E-state index in [4.69, 9.17) is 4.52 Å². The van der Waals surface area contributed by atoms with Crippen molar-refractivity contribution in [1.29, 1.82) is 0 Å². The fraction of sp³-hybridized carbons (Fsp3) is 0.417. The maximum absolute atomic E-state index is 5.13. The second-order valence-corrected chi connectivity index (χ2v) is 4.89. The van der Waals surface area contributed by atoms with Gasteiger partial charge in [0, 0.05) is 12.6 Å². The minimum absolute atomic E-state index is 0.531. The molecule has 0 saturated heterocycles. The molecule has 102 valence electrons. The van der Waals surface area contributed by atoms with Crippen LogP contribution >= 0.6 is 15.9 Å². The highest BCUT2D eigenvalue weighted by Gasteiger charge is 2.09. The van der Waals surface area contributed by atoms with E-state index in [1.807, 2.05) is 13.0 Å². The van der Waals surface area contributed by atoms with Gasteiger partial charge in [-0.05, 0) is 29.3 Å². The smallest absolute Gasteiger partial charge is 0.156 e. The molecule has 2 heterocycles. The molecule has 0 fully saturated rings. The van der Waals surface area contributed by atoms with Gasteiger partial charge in [-0.3, -0.25) is 0 Å². The maximum atomic E-state index is 5.13. The Morgan fingerprint density at radius 3 is 2.63 bits per heavy atom. The summed E-state index contributed by atoms with van der Waals surface area (Å²) < 4.78 is 5.95. The van der Waals surface area contributed by atoms with E-state index < -0.39 is 0 Å². The van der Waals surface area contributed by atoms with E-state index in [2.05, 4.69) is 48.6 Å². The normalized spacial score (nSPS) is 10.5. The number of aromatic nitrogens is 3. The molecule has 0 aliphatic carbocycles. The first kappa shape index (κ1) is 13.8. The van der Waals surface area contributed by atoms with E-state index in [0.717, 1.165) is 40.5 Å². The monoisotopic (exact) mass is 325 g/mol. The van der Waals surface area contributed by atoms with Gasteiger partial charge >= 0.3 is 0 Å². The van der Waals surface area contributed by atoms with Gasteiger partial charge in [-0.15, -0.1) is 0 Å². The number of hydrogen-bond acceptors (Lipinski definition) is 6. The van der Waals surface area contributed by atoms with Gasteiger partial charge in [0.15, 0.2) is 5.76 Å². The zero-order valence-electron chi connectivity index (χ0n) is 10.9. The van der Waals surface area contributed by atoms with Crippen molar-refractivity contribution in [2.24, 2.45) is 0 Å². The van der Waals surface area contributed by atoms with Crippen LogP contribution in [0.15, 0.2) is 21.4 Å². The van der Waals surface area contributed by atoms with Crippen LogP contribution in [0.25, 0.3) is 0 Å². The standard InChI is InChI=1S/C12H16BrN5O/c1-3-4-14-11-10(13)12(17-7-16-11)15-6-9-5-8(2)18-19-9/h5,7H,3-4,6H2,1-2H3,(H2,14,15,16,17). The molecule has 0 unspecified atom stereocenters. The molecular formula is C12H16BrN5O. The third kappa shape index (κ3) is 3.66. The van der Waals surface area contributed by atoms with Crippen molar-refractivity contribution >= 4 is 27.6 Å². The summed E-state index contributed by atoms with van der Waals surface area (Å²) in [5.74, 6) is 2.28. The number of hydrogen-bond donors (Lipinski definition) is 2. The van der Waals surface area contributed by atoms with Crippen molar-refractivity contribution in [3.63, 3.8) is 0 Å². The Morgan fingerprint density at radius 2 is 2.00 bits per heavy atom. The lowest BCUT2D eigenvalue weighted by atomic mass is 10.4. The van der Waals surface area contributed by atoms with Gasteiger partial charge in [0.2, 0.25) is 0 Å². The van der Waals surface area contributed by atoms with Gasteiger partial charge in [0.25, 0.3) is 0 Å². The SMILES string of the molecule is CCCNc1ncnc(NCc2cc(C)no2)c1Br. The molecular weight excluding hydrogens is 310 g/mol. The van der Waals surface area contributed by atoms with Crippen LogP contribution in [0.2, 0.25) is 0 Å². The molecule has 0 saturated carbocycles. The van der Waals surface area contributed by atoms with Crippen molar-refractivity contribution in [3.05, 3.63) is 28.3 Å². The third-order valence-electron chi connectivity index (χ3n) is 2.44. The average molecular weight is 326 g/mol. The fourth-order valence-corrected chi connectivity index (χ4v) is 2.02. The Labute approximate surface area is 120 Å². The van der Waals surface area contributed by atoms with Gasteiger partial charge in [-0.1, -0.05) is 12.1 Å². The number of nitrogens with zero attached hydrogens (tertiary/aromatic N) is 3. The number of halogens is 1. The summed E-state index contributed by atoms with van der Waals surface area (Å²) in [6.07, 6.45) is 2.56. The minimum atomic E-state index is 0.531. The van der Waals surface area contributed by atoms with Gasteiger partial charge in [-0.25, -0.2) is 9.97 Å². The molecule has 0 amide bonds. The number of rotatable bonds is 6. The van der Waals surface area contributed by atoms with Gasteiger partial charge in [0.05, 0.1) is 12.2 Å². The lowest BCUT2D eigenvalue weighted by Crippen LogP contribution is -2.07. The van der Waals surface area contributed by atoms with Crippen LogP contribution in [-0.4, -0.2) is 21.7 Å². The molecule has 0 aromatic carbocycles. The number of anilines is 2. The molecule has 2 aromatic rings. The molecule has 0 radical (unpaired) electrons. The van der Waals surface area contributed by atoms with Crippen molar-refractivity contribution in [2.75, 3.05) is 17.2 Å². The Balaban J connectivity index is 2.03. The summed E-state index contributed by atoms with van der Waals surface area (Å²) in [7, 11) is 0. The van der Waals surface area contributed by atoms with E-state index in [1.54, 1.807) is 0 Å². The molecule has 2 rings (SSSR count). The predicted octanol–water partition coefficient (Wildman–Crippen LogP) is 2.97. The topological polar surface area (TPSA) is 75.9 Å². The average Bonchev–Trinajstić information content (AvgIpc) is 2.82. The molecule has 7 heteroatoms. The van der Waals surface area contributed by atoms with Crippen molar-refractivity contribution in [3.8, 4) is 0 Å². The highest BCUT2D eigenvalue weighted by atomic mass is 79.9. The minimum Gasteiger partial charge on any atom is -0.369 e. The fourth-order valence-electron chi connectivity index (χ4n) is 1.53. The summed E-state index contributed by atoms with van der Waals surface area (Å²) in [4.78, 5) is 8.39. The molecule has 0 aliphatic heterocycles. The van der Waals surface area contributed by atoms with E-state index in [-0.39, 0.29) is 0 Å². The summed E-state index contributed by atoms with van der Waals surface area (Å²) in [5, 5.41) is 10.3. The quantitative estimate of drug-likeness (QED) is 0.850. The molecule has 19 heavy (non-hydrogen) atoms. The summed E-state index contributed by atoms with van der Waals surface area (Å²) >= 11 is 3.49. The Kier molecular flexibility index (Phi) is 4.73. The molecule has 0 atom stereocenters. The second-order valence-electron chi connectivity index (χ2n) is 4.10. The lowest BCUT2D eigenvalue weighted by molar-refractivity contribution is 0.384. The van der Waals surface area contributed by atoms with Crippen molar-refractivity contribution < 1.29 is 4.52 Å². The summed E-state index contributed by atoms with van der Waals surface area (Å²) in [6, 6.07) is 1.89. The Morgan fingerprint density at radius 1 is 1.26 bits per heavy atom. The number of nitrogens with one attached hydrogen (secondary N) is 2. The molecule has 2 aromatic heterocycles. The molecule has 0 bridgehead atoms. The highest BCUT2D eigenvalue weighted by molar-refractivity contribution is 9.10. The van der Waals surface area contributed by atoms with Crippen LogP contribution in [0.4, 0.5) is 11.6 Å². The summed E-state index contributed by atoms with van der Waals surface area (Å²) in [6.45, 7) is 5.40.